The first kappa shape index (κ1) is 27.2. The highest BCUT2D eigenvalue weighted by Gasteiger charge is 2.47. The number of imide groups is 1. The molecule has 0 aliphatic carbocycles. The van der Waals surface area contributed by atoms with E-state index in [1.807, 2.05) is 26.0 Å². The Labute approximate surface area is 222 Å². The van der Waals surface area contributed by atoms with E-state index in [1.165, 1.54) is 31.2 Å². The third-order valence-electron chi connectivity index (χ3n) is 6.87. The van der Waals surface area contributed by atoms with Crippen molar-refractivity contribution in [2.45, 2.75) is 58.5 Å². The molecular formula is C29H30N2O6S. The van der Waals surface area contributed by atoms with Crippen LogP contribution in [0.15, 0.2) is 65.6 Å². The summed E-state index contributed by atoms with van der Waals surface area (Å²) in [5, 5.41) is 0. The average molecular weight is 535 g/mol. The van der Waals surface area contributed by atoms with Crippen molar-refractivity contribution in [1.29, 1.82) is 0 Å². The number of hydrogen-bond donors (Lipinski definition) is 0. The summed E-state index contributed by atoms with van der Waals surface area (Å²) < 4.78 is 34.8. The number of nitrogens with zero attached hydrogens (tertiary/aromatic N) is 2. The first-order valence-electron chi connectivity index (χ1n) is 12.2. The fourth-order valence-corrected chi connectivity index (χ4v) is 6.90. The smallest absolute Gasteiger partial charge is 0.308 e. The molecule has 9 heteroatoms. The van der Waals surface area contributed by atoms with Crippen LogP contribution in [-0.2, 0) is 31.0 Å². The van der Waals surface area contributed by atoms with Crippen LogP contribution in [0.2, 0.25) is 0 Å². The van der Waals surface area contributed by atoms with E-state index < -0.39 is 33.8 Å². The monoisotopic (exact) mass is 534 g/mol. The van der Waals surface area contributed by atoms with E-state index >= 15 is 0 Å². The van der Waals surface area contributed by atoms with E-state index in [0.29, 0.717) is 16.7 Å². The van der Waals surface area contributed by atoms with Crippen LogP contribution in [0.3, 0.4) is 0 Å². The lowest BCUT2D eigenvalue weighted by molar-refractivity contribution is -0.132. The fraction of sp³-hybridized carbons (Fsp3) is 0.276. The molecule has 0 aromatic heterocycles. The largest absolute Gasteiger partial charge is 0.427 e. The third kappa shape index (κ3) is 5.12. The second kappa shape index (κ2) is 10.5. The number of carbonyl (C=O) groups excluding carboxylic acids is 3. The van der Waals surface area contributed by atoms with Gasteiger partial charge in [-0.05, 0) is 79.8 Å². The molecule has 0 bridgehead atoms. The maximum atomic E-state index is 14.3. The molecule has 0 N–H and O–H groups in total. The SMILES string of the molecule is CC(=O)Oc1ccc(N2C(=O)CC(N(Cc3ccccc3)S(=O)(=O)c3c(C)c(C)cc(C)c3C)C2=O)cc1. The van der Waals surface area contributed by atoms with Gasteiger partial charge in [-0.15, -0.1) is 0 Å². The second-order valence-electron chi connectivity index (χ2n) is 9.50. The fourth-order valence-electron chi connectivity index (χ4n) is 4.75. The zero-order chi connectivity index (χ0) is 27.8. The summed E-state index contributed by atoms with van der Waals surface area (Å²) in [4.78, 5) is 39.2. The summed E-state index contributed by atoms with van der Waals surface area (Å²) in [7, 11) is -4.20. The summed E-state index contributed by atoms with van der Waals surface area (Å²) >= 11 is 0. The minimum atomic E-state index is -4.20. The number of anilines is 1. The number of aryl methyl sites for hydroxylation is 2. The zero-order valence-electron chi connectivity index (χ0n) is 22.0. The number of benzene rings is 3. The molecule has 3 aromatic rings. The quantitative estimate of drug-likeness (QED) is 0.254. The van der Waals surface area contributed by atoms with Crippen LogP contribution < -0.4 is 9.64 Å². The van der Waals surface area contributed by atoms with Crippen molar-refractivity contribution in [2.75, 3.05) is 4.90 Å². The van der Waals surface area contributed by atoms with Gasteiger partial charge in [-0.1, -0.05) is 36.4 Å². The Balaban J connectivity index is 1.78. The van der Waals surface area contributed by atoms with E-state index in [2.05, 4.69) is 0 Å². The Kier molecular flexibility index (Phi) is 7.53. The van der Waals surface area contributed by atoms with E-state index in [1.54, 1.807) is 38.1 Å². The maximum absolute atomic E-state index is 14.3. The summed E-state index contributed by atoms with van der Waals surface area (Å²) in [6.07, 6.45) is -0.292. The number of ether oxygens (including phenoxy) is 1. The summed E-state index contributed by atoms with van der Waals surface area (Å²) in [6.45, 7) is 8.42. The number of amides is 2. The van der Waals surface area contributed by atoms with Gasteiger partial charge in [-0.3, -0.25) is 14.4 Å². The van der Waals surface area contributed by atoms with Crippen molar-refractivity contribution in [1.82, 2.24) is 4.31 Å². The Morgan fingerprint density at radius 2 is 1.53 bits per heavy atom. The van der Waals surface area contributed by atoms with Crippen LogP contribution in [-0.4, -0.2) is 36.5 Å². The molecule has 198 valence electrons. The van der Waals surface area contributed by atoms with Gasteiger partial charge in [-0.25, -0.2) is 13.3 Å². The van der Waals surface area contributed by atoms with E-state index in [9.17, 15) is 22.8 Å². The van der Waals surface area contributed by atoms with Gasteiger partial charge in [0.25, 0.3) is 5.91 Å². The van der Waals surface area contributed by atoms with Crippen LogP contribution >= 0.6 is 0 Å². The lowest BCUT2D eigenvalue weighted by Crippen LogP contribution is -2.45. The molecule has 2 amide bonds. The normalized spacial score (nSPS) is 15.8. The van der Waals surface area contributed by atoms with Gasteiger partial charge in [0.05, 0.1) is 17.0 Å². The van der Waals surface area contributed by atoms with Gasteiger partial charge < -0.3 is 4.74 Å². The second-order valence-corrected chi connectivity index (χ2v) is 11.3. The molecule has 1 aliphatic rings. The minimum absolute atomic E-state index is 0.0715. The number of rotatable bonds is 7. The highest BCUT2D eigenvalue weighted by atomic mass is 32.2. The van der Waals surface area contributed by atoms with Gasteiger partial charge in [0.2, 0.25) is 15.9 Å². The Morgan fingerprint density at radius 3 is 2.08 bits per heavy atom. The van der Waals surface area contributed by atoms with Crippen molar-refractivity contribution in [2.24, 2.45) is 0 Å². The van der Waals surface area contributed by atoms with Crippen molar-refractivity contribution < 1.29 is 27.5 Å². The molecule has 4 rings (SSSR count). The maximum Gasteiger partial charge on any atom is 0.308 e. The lowest BCUT2D eigenvalue weighted by atomic mass is 10.0. The molecule has 38 heavy (non-hydrogen) atoms. The first-order valence-corrected chi connectivity index (χ1v) is 13.6. The van der Waals surface area contributed by atoms with Gasteiger partial charge in [0.15, 0.2) is 0 Å². The van der Waals surface area contributed by atoms with E-state index in [-0.39, 0.29) is 29.3 Å². The molecule has 0 spiro atoms. The molecule has 1 unspecified atom stereocenters. The highest BCUT2D eigenvalue weighted by molar-refractivity contribution is 7.89. The van der Waals surface area contributed by atoms with E-state index in [0.717, 1.165) is 20.3 Å². The van der Waals surface area contributed by atoms with Gasteiger partial charge in [0.1, 0.15) is 11.8 Å². The number of sulfonamides is 1. The predicted octanol–water partition coefficient (Wildman–Crippen LogP) is 4.37. The minimum Gasteiger partial charge on any atom is -0.427 e. The van der Waals surface area contributed by atoms with Crippen LogP contribution in [0.5, 0.6) is 5.75 Å². The van der Waals surface area contributed by atoms with Gasteiger partial charge in [0, 0.05) is 13.5 Å². The van der Waals surface area contributed by atoms with Gasteiger partial charge >= 0.3 is 5.97 Å². The van der Waals surface area contributed by atoms with Crippen LogP contribution in [0.1, 0.15) is 41.2 Å². The predicted molar refractivity (Wildman–Crippen MR) is 143 cm³/mol. The molecule has 3 aromatic carbocycles. The summed E-state index contributed by atoms with van der Waals surface area (Å²) in [5.74, 6) is -1.37. The van der Waals surface area contributed by atoms with Crippen molar-refractivity contribution in [3.05, 3.63) is 88.5 Å². The number of hydrogen-bond acceptors (Lipinski definition) is 6. The molecule has 1 heterocycles. The topological polar surface area (TPSA) is 101 Å². The Bertz CT molecular complexity index is 1490. The number of carbonyl (C=O) groups is 3. The Hall–Kier alpha value is -3.82. The average Bonchev–Trinajstić information content (AvgIpc) is 3.15. The molecule has 1 aliphatic heterocycles. The summed E-state index contributed by atoms with van der Waals surface area (Å²) in [5.41, 5.74) is 3.85. The van der Waals surface area contributed by atoms with E-state index in [4.69, 9.17) is 4.74 Å². The molecule has 1 fully saturated rings. The summed E-state index contributed by atoms with van der Waals surface area (Å²) in [6, 6.07) is 15.7. The van der Waals surface area contributed by atoms with Crippen LogP contribution in [0, 0.1) is 27.7 Å². The van der Waals surface area contributed by atoms with Crippen molar-refractivity contribution in [3.8, 4) is 5.75 Å². The molecular weight excluding hydrogens is 504 g/mol. The van der Waals surface area contributed by atoms with Gasteiger partial charge in [-0.2, -0.15) is 4.31 Å². The number of esters is 1. The third-order valence-corrected chi connectivity index (χ3v) is 9.00. The molecule has 8 nitrogen and oxygen atoms in total. The Morgan fingerprint density at radius 1 is 0.947 bits per heavy atom. The standard InChI is InChI=1S/C29H30N2O6S/c1-18-15-19(2)21(4)28(20(18)3)38(35,36)30(17-23-9-7-6-8-10-23)26-16-27(33)31(29(26)34)24-11-13-25(14-12-24)37-22(5)32/h6-15,26H,16-17H2,1-5H3. The van der Waals surface area contributed by atoms with Crippen LogP contribution in [0.4, 0.5) is 5.69 Å². The van der Waals surface area contributed by atoms with Crippen LogP contribution in [0.25, 0.3) is 0 Å². The molecule has 1 atom stereocenters. The highest BCUT2D eigenvalue weighted by Crippen LogP contribution is 2.35. The van der Waals surface area contributed by atoms with Crippen molar-refractivity contribution in [3.63, 3.8) is 0 Å². The molecule has 0 saturated carbocycles. The molecule has 1 saturated heterocycles. The molecule has 0 radical (unpaired) electrons. The lowest BCUT2D eigenvalue weighted by Gasteiger charge is -2.29. The first-order chi connectivity index (χ1) is 17.9. The zero-order valence-corrected chi connectivity index (χ0v) is 22.8. The van der Waals surface area contributed by atoms with Crippen molar-refractivity contribution >= 4 is 33.5 Å².